The van der Waals surface area contributed by atoms with E-state index in [1.165, 1.54) is 0 Å². The number of hydrogen-bond acceptors (Lipinski definition) is 5. The molecule has 0 spiro atoms. The van der Waals surface area contributed by atoms with Crippen LogP contribution in [0.2, 0.25) is 0 Å². The zero-order chi connectivity index (χ0) is 19.4. The Morgan fingerprint density at radius 2 is 1.70 bits per heavy atom. The number of nitrogens with zero attached hydrogens (tertiary/aromatic N) is 2. The van der Waals surface area contributed by atoms with Gasteiger partial charge in [0.1, 0.15) is 23.1 Å². The predicted molar refractivity (Wildman–Crippen MR) is 107 cm³/mol. The van der Waals surface area contributed by atoms with Gasteiger partial charge in [-0.2, -0.15) is 0 Å². The Morgan fingerprint density at radius 1 is 0.963 bits per heavy atom. The molecule has 3 rings (SSSR count). The smallest absolute Gasteiger partial charge is 0.274 e. The summed E-state index contributed by atoms with van der Waals surface area (Å²) in [6.07, 6.45) is 0. The van der Waals surface area contributed by atoms with Gasteiger partial charge in [0.2, 0.25) is 0 Å². The van der Waals surface area contributed by atoms with Crippen molar-refractivity contribution < 1.29 is 9.53 Å². The predicted octanol–water partition coefficient (Wildman–Crippen LogP) is 4.41. The Hall–Kier alpha value is -3.41. The number of nitrogens with one attached hydrogen (secondary N) is 2. The molecule has 0 aliphatic heterocycles. The van der Waals surface area contributed by atoms with Gasteiger partial charge >= 0.3 is 0 Å². The molecule has 1 heterocycles. The van der Waals surface area contributed by atoms with Crippen molar-refractivity contribution in [2.24, 2.45) is 0 Å². The molecule has 2 N–H and O–H groups in total. The lowest BCUT2D eigenvalue weighted by Crippen LogP contribution is -2.16. The van der Waals surface area contributed by atoms with Gasteiger partial charge in [0.15, 0.2) is 0 Å². The minimum Gasteiger partial charge on any atom is -0.497 e. The molecule has 0 fully saturated rings. The molecule has 0 aliphatic rings. The molecule has 1 aromatic heterocycles. The van der Waals surface area contributed by atoms with Crippen LogP contribution in [0.5, 0.6) is 5.75 Å². The molecule has 27 heavy (non-hydrogen) atoms. The first kappa shape index (κ1) is 18.4. The van der Waals surface area contributed by atoms with E-state index >= 15 is 0 Å². The highest BCUT2D eigenvalue weighted by Crippen LogP contribution is 2.20. The van der Waals surface area contributed by atoms with Crippen molar-refractivity contribution in [1.82, 2.24) is 9.97 Å². The second kappa shape index (κ2) is 7.86. The van der Waals surface area contributed by atoms with E-state index in [0.29, 0.717) is 17.3 Å². The molecule has 0 radical (unpaired) electrons. The Morgan fingerprint density at radius 3 is 2.37 bits per heavy atom. The summed E-state index contributed by atoms with van der Waals surface area (Å²) in [5.74, 6) is 1.57. The number of ether oxygens (including phenoxy) is 1. The van der Waals surface area contributed by atoms with Crippen LogP contribution in [0.15, 0.2) is 48.5 Å². The van der Waals surface area contributed by atoms with Crippen LogP contribution in [0, 0.1) is 20.8 Å². The molecule has 0 aliphatic carbocycles. The number of aryl methyl sites for hydroxylation is 3. The molecule has 0 saturated heterocycles. The third-order valence-corrected chi connectivity index (χ3v) is 4.06. The molecule has 2 aromatic carbocycles. The standard InChI is InChI=1S/C21H22N4O2/c1-13-5-10-18(14(2)11-13)25-21(26)19-12-20(23-15(3)22-19)24-16-6-8-17(27-4)9-7-16/h5-12H,1-4H3,(H,25,26)(H,22,23,24). The van der Waals surface area contributed by atoms with Crippen molar-refractivity contribution in [1.29, 1.82) is 0 Å². The highest BCUT2D eigenvalue weighted by atomic mass is 16.5. The van der Waals surface area contributed by atoms with Crippen LogP contribution in [0.1, 0.15) is 27.4 Å². The average Bonchev–Trinajstić information content (AvgIpc) is 2.64. The molecule has 0 saturated carbocycles. The van der Waals surface area contributed by atoms with Gasteiger partial charge in [-0.25, -0.2) is 9.97 Å². The summed E-state index contributed by atoms with van der Waals surface area (Å²) >= 11 is 0. The highest BCUT2D eigenvalue weighted by Gasteiger charge is 2.12. The number of aromatic nitrogens is 2. The molecular formula is C21H22N4O2. The number of methoxy groups -OCH3 is 1. The lowest BCUT2D eigenvalue weighted by Gasteiger charge is -2.11. The fourth-order valence-corrected chi connectivity index (χ4v) is 2.71. The number of anilines is 3. The quantitative estimate of drug-likeness (QED) is 0.703. The van der Waals surface area contributed by atoms with E-state index in [2.05, 4.69) is 20.6 Å². The normalized spacial score (nSPS) is 10.4. The minimum absolute atomic E-state index is 0.273. The monoisotopic (exact) mass is 362 g/mol. The van der Waals surface area contributed by atoms with Crippen molar-refractivity contribution in [3.63, 3.8) is 0 Å². The van der Waals surface area contributed by atoms with Gasteiger partial charge in [0.05, 0.1) is 7.11 Å². The lowest BCUT2D eigenvalue weighted by atomic mass is 10.1. The minimum atomic E-state index is -0.273. The summed E-state index contributed by atoms with van der Waals surface area (Å²) in [6, 6.07) is 15.0. The highest BCUT2D eigenvalue weighted by molar-refractivity contribution is 6.03. The molecule has 6 nitrogen and oxygen atoms in total. The third kappa shape index (κ3) is 4.61. The molecule has 1 amide bonds. The first-order valence-electron chi connectivity index (χ1n) is 8.60. The van der Waals surface area contributed by atoms with E-state index in [4.69, 9.17) is 4.74 Å². The fourth-order valence-electron chi connectivity index (χ4n) is 2.71. The first-order chi connectivity index (χ1) is 12.9. The maximum Gasteiger partial charge on any atom is 0.274 e. The first-order valence-corrected chi connectivity index (χ1v) is 8.60. The second-order valence-corrected chi connectivity index (χ2v) is 6.31. The number of amides is 1. The van der Waals surface area contributed by atoms with E-state index in [1.54, 1.807) is 20.1 Å². The molecule has 0 atom stereocenters. The summed E-state index contributed by atoms with van der Waals surface area (Å²) in [5, 5.41) is 6.10. The number of rotatable bonds is 5. The van der Waals surface area contributed by atoms with Gasteiger partial charge in [0.25, 0.3) is 5.91 Å². The van der Waals surface area contributed by atoms with E-state index < -0.39 is 0 Å². The van der Waals surface area contributed by atoms with Gasteiger partial charge in [-0.1, -0.05) is 17.7 Å². The Bertz CT molecular complexity index is 968. The molecule has 138 valence electrons. The maximum absolute atomic E-state index is 12.6. The number of hydrogen-bond donors (Lipinski definition) is 2. The number of carbonyl (C=O) groups is 1. The number of benzene rings is 2. The van der Waals surface area contributed by atoms with Crippen molar-refractivity contribution in [2.45, 2.75) is 20.8 Å². The summed E-state index contributed by atoms with van der Waals surface area (Å²) in [7, 11) is 1.62. The van der Waals surface area contributed by atoms with Crippen LogP contribution in [0.3, 0.4) is 0 Å². The van der Waals surface area contributed by atoms with E-state index in [0.717, 1.165) is 28.3 Å². The fraction of sp³-hybridized carbons (Fsp3) is 0.190. The van der Waals surface area contributed by atoms with Crippen LogP contribution >= 0.6 is 0 Å². The van der Waals surface area contributed by atoms with Gasteiger partial charge in [0, 0.05) is 17.4 Å². The van der Waals surface area contributed by atoms with Crippen molar-refractivity contribution in [3.8, 4) is 5.75 Å². The summed E-state index contributed by atoms with van der Waals surface area (Å²) in [5.41, 5.74) is 4.07. The van der Waals surface area contributed by atoms with Crippen LogP contribution in [-0.4, -0.2) is 23.0 Å². The zero-order valence-corrected chi connectivity index (χ0v) is 15.8. The lowest BCUT2D eigenvalue weighted by molar-refractivity contribution is 0.102. The Kier molecular flexibility index (Phi) is 5.35. The largest absolute Gasteiger partial charge is 0.497 e. The van der Waals surface area contributed by atoms with Crippen molar-refractivity contribution in [3.05, 3.63) is 71.2 Å². The molecular weight excluding hydrogens is 340 g/mol. The Balaban J connectivity index is 1.80. The maximum atomic E-state index is 12.6. The van der Waals surface area contributed by atoms with E-state index in [1.807, 2.05) is 56.3 Å². The van der Waals surface area contributed by atoms with Crippen LogP contribution in [0.4, 0.5) is 17.2 Å². The van der Waals surface area contributed by atoms with Crippen LogP contribution < -0.4 is 15.4 Å². The van der Waals surface area contributed by atoms with Crippen LogP contribution in [-0.2, 0) is 0 Å². The zero-order valence-electron chi connectivity index (χ0n) is 15.8. The molecule has 3 aromatic rings. The molecule has 0 bridgehead atoms. The van der Waals surface area contributed by atoms with Gasteiger partial charge < -0.3 is 15.4 Å². The van der Waals surface area contributed by atoms with Gasteiger partial charge in [-0.3, -0.25) is 4.79 Å². The summed E-state index contributed by atoms with van der Waals surface area (Å²) < 4.78 is 5.16. The van der Waals surface area contributed by atoms with E-state index in [-0.39, 0.29) is 5.91 Å². The van der Waals surface area contributed by atoms with Gasteiger partial charge in [-0.05, 0) is 56.7 Å². The second-order valence-electron chi connectivity index (χ2n) is 6.31. The summed E-state index contributed by atoms with van der Waals surface area (Å²) in [4.78, 5) is 21.3. The topological polar surface area (TPSA) is 76.1 Å². The van der Waals surface area contributed by atoms with E-state index in [9.17, 15) is 4.79 Å². The van der Waals surface area contributed by atoms with Crippen molar-refractivity contribution >= 4 is 23.1 Å². The van der Waals surface area contributed by atoms with Crippen molar-refractivity contribution in [2.75, 3.05) is 17.7 Å². The molecule has 6 heteroatoms. The number of carbonyl (C=O) groups excluding carboxylic acids is 1. The average molecular weight is 362 g/mol. The third-order valence-electron chi connectivity index (χ3n) is 4.06. The Labute approximate surface area is 158 Å². The SMILES string of the molecule is COc1ccc(Nc2cc(C(=O)Nc3ccc(C)cc3C)nc(C)n2)cc1. The summed E-state index contributed by atoms with van der Waals surface area (Å²) in [6.45, 7) is 5.74. The van der Waals surface area contributed by atoms with Gasteiger partial charge in [-0.15, -0.1) is 0 Å². The molecule has 0 unspecified atom stereocenters. The van der Waals surface area contributed by atoms with Crippen LogP contribution in [0.25, 0.3) is 0 Å².